The number of anilines is 2. The van der Waals surface area contributed by atoms with Crippen LogP contribution in [0.15, 0.2) is 66.0 Å². The number of halogens is 1. The van der Waals surface area contributed by atoms with Crippen molar-refractivity contribution < 1.29 is 4.39 Å². The Hall–Kier alpha value is -4.67. The van der Waals surface area contributed by atoms with Crippen LogP contribution in [-0.2, 0) is 7.05 Å². The molecule has 182 valence electrons. The molecule has 0 fully saturated rings. The van der Waals surface area contributed by atoms with E-state index >= 15 is 0 Å². The summed E-state index contributed by atoms with van der Waals surface area (Å²) in [6.45, 7) is 2.37. The summed E-state index contributed by atoms with van der Waals surface area (Å²) in [4.78, 5) is 31.0. The number of aryl methyl sites for hydroxylation is 1. The van der Waals surface area contributed by atoms with Crippen LogP contribution in [0.1, 0.15) is 25.1 Å². The Morgan fingerprint density at radius 3 is 2.61 bits per heavy atom. The highest BCUT2D eigenvalue weighted by Gasteiger charge is 2.23. The van der Waals surface area contributed by atoms with Crippen LogP contribution < -0.4 is 16.6 Å². The Labute approximate surface area is 205 Å². The molecule has 0 radical (unpaired) electrons. The third kappa shape index (κ3) is 4.15. The van der Waals surface area contributed by atoms with Crippen molar-refractivity contribution in [3.05, 3.63) is 83.2 Å². The van der Waals surface area contributed by atoms with Crippen molar-refractivity contribution in [2.24, 2.45) is 7.05 Å². The minimum atomic E-state index is -0.601. The van der Waals surface area contributed by atoms with E-state index in [-0.39, 0.29) is 17.1 Å². The molecule has 0 aliphatic carbocycles. The summed E-state index contributed by atoms with van der Waals surface area (Å²) in [5, 5.41) is 7.61. The predicted molar refractivity (Wildman–Crippen MR) is 135 cm³/mol. The molecule has 0 aliphatic heterocycles. The molecule has 0 spiro atoms. The van der Waals surface area contributed by atoms with Gasteiger partial charge in [0.15, 0.2) is 5.82 Å². The van der Waals surface area contributed by atoms with Gasteiger partial charge in [-0.1, -0.05) is 31.2 Å². The maximum absolute atomic E-state index is 14.7. The summed E-state index contributed by atoms with van der Waals surface area (Å²) in [5.41, 5.74) is 7.09. The molecule has 0 aliphatic rings. The molecule has 36 heavy (non-hydrogen) atoms. The Morgan fingerprint density at radius 2 is 1.89 bits per heavy atom. The number of hydrogen-bond acceptors (Lipinski definition) is 8. The highest BCUT2D eigenvalue weighted by molar-refractivity contribution is 5.80. The van der Waals surface area contributed by atoms with E-state index in [2.05, 4.69) is 25.4 Å². The summed E-state index contributed by atoms with van der Waals surface area (Å²) in [6.07, 6.45) is 3.57. The summed E-state index contributed by atoms with van der Waals surface area (Å²) < 4.78 is 17.7. The average Bonchev–Trinajstić information content (AvgIpc) is 3.30. The van der Waals surface area contributed by atoms with Gasteiger partial charge in [0.25, 0.3) is 5.56 Å². The summed E-state index contributed by atoms with van der Waals surface area (Å²) in [5.74, 6) is 0.785. The highest BCUT2D eigenvalue weighted by atomic mass is 19.1. The maximum atomic E-state index is 14.7. The van der Waals surface area contributed by atoms with E-state index in [1.807, 2.05) is 25.1 Å². The Balaban J connectivity index is 1.59. The standard InChI is InChI=1S/C25H24FN9O/c1-3-15(12-28-22-20(21(27)29-13-30-22)23-31-14-34(2)33-23)24-32-18-11-7-10-17(26)19(18)25(36)35(24)16-8-5-4-6-9-16/h4-11,13-15H,3,12H2,1-2H3,(H3,27,28,29,30). The third-order valence-corrected chi connectivity index (χ3v) is 5.96. The van der Waals surface area contributed by atoms with Gasteiger partial charge in [0.05, 0.1) is 11.2 Å². The number of nitrogens with zero attached hydrogens (tertiary/aromatic N) is 7. The highest BCUT2D eigenvalue weighted by Crippen LogP contribution is 2.29. The molecule has 1 atom stereocenters. The van der Waals surface area contributed by atoms with Crippen molar-refractivity contribution in [3.8, 4) is 17.1 Å². The molecule has 0 saturated carbocycles. The van der Waals surface area contributed by atoms with Crippen LogP contribution in [-0.4, -0.2) is 40.8 Å². The molecular formula is C25H24FN9O. The number of hydrogen-bond donors (Lipinski definition) is 2. The van der Waals surface area contributed by atoms with Gasteiger partial charge < -0.3 is 11.1 Å². The van der Waals surface area contributed by atoms with Crippen LogP contribution in [0, 0.1) is 5.82 Å². The molecule has 3 aromatic heterocycles. The van der Waals surface area contributed by atoms with E-state index in [1.54, 1.807) is 42.3 Å². The summed E-state index contributed by atoms with van der Waals surface area (Å²) in [7, 11) is 1.76. The molecule has 0 amide bonds. The molecule has 1 unspecified atom stereocenters. The number of aromatic nitrogens is 7. The van der Waals surface area contributed by atoms with Gasteiger partial charge in [0.1, 0.15) is 46.9 Å². The second-order valence-corrected chi connectivity index (χ2v) is 8.29. The van der Waals surface area contributed by atoms with Crippen molar-refractivity contribution >= 4 is 22.5 Å². The van der Waals surface area contributed by atoms with Crippen LogP contribution in [0.5, 0.6) is 0 Å². The minimum Gasteiger partial charge on any atom is -0.383 e. The molecule has 11 heteroatoms. The zero-order valence-corrected chi connectivity index (χ0v) is 19.8. The summed E-state index contributed by atoms with van der Waals surface area (Å²) >= 11 is 0. The lowest BCUT2D eigenvalue weighted by molar-refractivity contribution is 0.614. The first-order chi connectivity index (χ1) is 17.5. The van der Waals surface area contributed by atoms with Crippen LogP contribution in [0.3, 0.4) is 0 Å². The molecule has 2 aromatic carbocycles. The van der Waals surface area contributed by atoms with E-state index in [4.69, 9.17) is 10.7 Å². The fourth-order valence-corrected chi connectivity index (χ4v) is 4.15. The summed E-state index contributed by atoms with van der Waals surface area (Å²) in [6, 6.07) is 13.6. The molecule has 10 nitrogen and oxygen atoms in total. The van der Waals surface area contributed by atoms with Gasteiger partial charge in [-0.05, 0) is 30.7 Å². The van der Waals surface area contributed by atoms with Gasteiger partial charge in [0.2, 0.25) is 0 Å². The molecule has 3 heterocycles. The molecular weight excluding hydrogens is 461 g/mol. The van der Waals surface area contributed by atoms with E-state index in [0.717, 1.165) is 0 Å². The van der Waals surface area contributed by atoms with E-state index in [0.29, 0.717) is 47.2 Å². The first-order valence-corrected chi connectivity index (χ1v) is 11.4. The lowest BCUT2D eigenvalue weighted by Crippen LogP contribution is -2.28. The second kappa shape index (κ2) is 9.53. The van der Waals surface area contributed by atoms with Crippen molar-refractivity contribution in [2.75, 3.05) is 17.6 Å². The number of nitrogens with two attached hydrogens (primary N) is 1. The number of nitrogens with one attached hydrogen (secondary N) is 1. The van der Waals surface area contributed by atoms with Crippen LogP contribution in [0.4, 0.5) is 16.0 Å². The molecule has 0 bridgehead atoms. The van der Waals surface area contributed by atoms with Crippen molar-refractivity contribution in [1.82, 2.24) is 34.3 Å². The Kier molecular flexibility index (Phi) is 6.11. The first-order valence-electron chi connectivity index (χ1n) is 11.4. The zero-order chi connectivity index (χ0) is 25.2. The lowest BCUT2D eigenvalue weighted by atomic mass is 10.0. The average molecular weight is 486 g/mol. The predicted octanol–water partition coefficient (Wildman–Crippen LogP) is 3.30. The van der Waals surface area contributed by atoms with Gasteiger partial charge in [-0.15, -0.1) is 0 Å². The fraction of sp³-hybridized carbons (Fsp3) is 0.200. The third-order valence-electron chi connectivity index (χ3n) is 5.96. The molecule has 5 aromatic rings. The SMILES string of the molecule is CCC(CNc1ncnc(N)c1-c1ncn(C)n1)c1nc2cccc(F)c2c(=O)n1-c1ccccc1. The number of nitrogen functional groups attached to an aromatic ring is 1. The Morgan fingerprint density at radius 1 is 1.08 bits per heavy atom. The van der Waals surface area contributed by atoms with Gasteiger partial charge in [-0.2, -0.15) is 5.10 Å². The zero-order valence-electron chi connectivity index (χ0n) is 19.8. The van der Waals surface area contributed by atoms with Gasteiger partial charge >= 0.3 is 0 Å². The number of para-hydroxylation sites is 1. The lowest BCUT2D eigenvalue weighted by Gasteiger charge is -2.22. The quantitative estimate of drug-likeness (QED) is 0.359. The maximum Gasteiger partial charge on any atom is 0.268 e. The van der Waals surface area contributed by atoms with E-state index in [9.17, 15) is 9.18 Å². The molecule has 3 N–H and O–H groups in total. The Bertz CT molecular complexity index is 1600. The number of benzene rings is 2. The monoisotopic (exact) mass is 485 g/mol. The molecule has 5 rings (SSSR count). The smallest absolute Gasteiger partial charge is 0.268 e. The normalized spacial score (nSPS) is 12.1. The van der Waals surface area contributed by atoms with Gasteiger partial charge in [-0.3, -0.25) is 14.0 Å². The van der Waals surface area contributed by atoms with Crippen LogP contribution in [0.2, 0.25) is 0 Å². The van der Waals surface area contributed by atoms with Gasteiger partial charge in [-0.25, -0.2) is 24.3 Å². The van der Waals surface area contributed by atoms with Gasteiger partial charge in [0, 0.05) is 19.5 Å². The topological polar surface area (TPSA) is 129 Å². The first kappa shape index (κ1) is 23.1. The van der Waals surface area contributed by atoms with E-state index < -0.39 is 11.4 Å². The molecule has 0 saturated heterocycles. The minimum absolute atomic E-state index is 0.0417. The number of rotatable bonds is 7. The van der Waals surface area contributed by atoms with Crippen LogP contribution >= 0.6 is 0 Å². The largest absolute Gasteiger partial charge is 0.383 e. The van der Waals surface area contributed by atoms with Crippen molar-refractivity contribution in [2.45, 2.75) is 19.3 Å². The van der Waals surface area contributed by atoms with Crippen LogP contribution in [0.25, 0.3) is 28.0 Å². The van der Waals surface area contributed by atoms with E-state index in [1.165, 1.54) is 17.0 Å². The number of fused-ring (bicyclic) bond motifs is 1. The second-order valence-electron chi connectivity index (χ2n) is 8.29. The fourth-order valence-electron chi connectivity index (χ4n) is 4.15. The van der Waals surface area contributed by atoms with Crippen molar-refractivity contribution in [3.63, 3.8) is 0 Å². The van der Waals surface area contributed by atoms with Crippen molar-refractivity contribution in [1.29, 1.82) is 0 Å².